The molecule has 6 heteroatoms. The van der Waals surface area contributed by atoms with E-state index in [0.717, 1.165) is 0 Å². The van der Waals surface area contributed by atoms with Crippen LogP contribution in [0.15, 0.2) is 0 Å². The highest BCUT2D eigenvalue weighted by atomic mass is 16.5. The number of carboxylic acids is 1. The van der Waals surface area contributed by atoms with Crippen LogP contribution in [-0.2, 0) is 14.3 Å². The molecule has 0 aromatic heterocycles. The average Bonchev–Trinajstić information content (AvgIpc) is 2.22. The summed E-state index contributed by atoms with van der Waals surface area (Å²) in [4.78, 5) is 24.5. The number of nitrogens with one attached hydrogen (secondary N) is 1. The third-order valence-corrected chi connectivity index (χ3v) is 2.97. The van der Waals surface area contributed by atoms with Crippen molar-refractivity contribution in [1.82, 2.24) is 10.2 Å². The van der Waals surface area contributed by atoms with Crippen LogP contribution in [-0.4, -0.2) is 60.3 Å². The molecule has 1 fully saturated rings. The number of piperazine rings is 1. The van der Waals surface area contributed by atoms with Crippen molar-refractivity contribution < 1.29 is 19.4 Å². The van der Waals surface area contributed by atoms with Gasteiger partial charge >= 0.3 is 5.97 Å². The van der Waals surface area contributed by atoms with Crippen LogP contribution in [0.3, 0.4) is 0 Å². The van der Waals surface area contributed by atoms with Gasteiger partial charge in [-0.25, -0.2) is 0 Å². The largest absolute Gasteiger partial charge is 0.481 e. The van der Waals surface area contributed by atoms with E-state index in [4.69, 9.17) is 9.84 Å². The molecule has 1 heterocycles. The van der Waals surface area contributed by atoms with Crippen molar-refractivity contribution in [1.29, 1.82) is 0 Å². The van der Waals surface area contributed by atoms with Crippen LogP contribution in [0.4, 0.5) is 0 Å². The minimum Gasteiger partial charge on any atom is -0.481 e. The van der Waals surface area contributed by atoms with Gasteiger partial charge in [0.2, 0.25) is 5.91 Å². The number of carbonyl (C=O) groups is 2. The number of hydrogen-bond donors (Lipinski definition) is 2. The SMILES string of the molecule is COCCN1C(=O)C(CC(=O)O)NCC1(C)C. The Morgan fingerprint density at radius 2 is 2.29 bits per heavy atom. The Labute approximate surface area is 101 Å². The molecule has 0 bridgehead atoms. The Kier molecular flexibility index (Phi) is 4.47. The van der Waals surface area contributed by atoms with Crippen LogP contribution in [0.1, 0.15) is 20.3 Å². The highest BCUT2D eigenvalue weighted by molar-refractivity contribution is 5.87. The molecule has 6 nitrogen and oxygen atoms in total. The van der Waals surface area contributed by atoms with E-state index in [2.05, 4.69) is 5.32 Å². The van der Waals surface area contributed by atoms with Gasteiger partial charge in [0.05, 0.1) is 19.1 Å². The molecular formula is C11H20N2O4. The summed E-state index contributed by atoms with van der Waals surface area (Å²) in [6.45, 7) is 5.42. The lowest BCUT2D eigenvalue weighted by Gasteiger charge is -2.45. The lowest BCUT2D eigenvalue weighted by Crippen LogP contribution is -2.65. The zero-order valence-corrected chi connectivity index (χ0v) is 10.5. The maximum absolute atomic E-state index is 12.1. The molecular weight excluding hydrogens is 224 g/mol. The van der Waals surface area contributed by atoms with E-state index in [0.29, 0.717) is 19.7 Å². The molecule has 0 aromatic rings. The Hall–Kier alpha value is -1.14. The van der Waals surface area contributed by atoms with E-state index < -0.39 is 12.0 Å². The molecule has 0 spiro atoms. The van der Waals surface area contributed by atoms with Crippen molar-refractivity contribution in [3.8, 4) is 0 Å². The maximum atomic E-state index is 12.1. The number of amides is 1. The highest BCUT2D eigenvalue weighted by Crippen LogP contribution is 2.20. The van der Waals surface area contributed by atoms with Crippen molar-refractivity contribution in [2.75, 3.05) is 26.8 Å². The van der Waals surface area contributed by atoms with Gasteiger partial charge in [-0.05, 0) is 13.8 Å². The first-order valence-corrected chi connectivity index (χ1v) is 5.64. The molecule has 0 saturated carbocycles. The summed E-state index contributed by atoms with van der Waals surface area (Å²) >= 11 is 0. The molecule has 1 amide bonds. The van der Waals surface area contributed by atoms with Gasteiger partial charge in [0.15, 0.2) is 0 Å². The first kappa shape index (κ1) is 13.9. The van der Waals surface area contributed by atoms with Crippen LogP contribution < -0.4 is 5.32 Å². The molecule has 0 radical (unpaired) electrons. The van der Waals surface area contributed by atoms with Crippen molar-refractivity contribution >= 4 is 11.9 Å². The van der Waals surface area contributed by atoms with Crippen molar-refractivity contribution in [3.05, 3.63) is 0 Å². The van der Waals surface area contributed by atoms with Gasteiger partial charge in [-0.1, -0.05) is 0 Å². The second-order valence-corrected chi connectivity index (χ2v) is 4.83. The molecule has 98 valence electrons. The smallest absolute Gasteiger partial charge is 0.305 e. The summed E-state index contributed by atoms with van der Waals surface area (Å²) in [5.74, 6) is -1.14. The lowest BCUT2D eigenvalue weighted by atomic mass is 9.95. The first-order chi connectivity index (χ1) is 7.88. The molecule has 1 aliphatic rings. The van der Waals surface area contributed by atoms with Crippen LogP contribution in [0.5, 0.6) is 0 Å². The Morgan fingerprint density at radius 1 is 1.65 bits per heavy atom. The molecule has 1 atom stereocenters. The number of carboxylic acid groups (broad SMARTS) is 1. The molecule has 2 N–H and O–H groups in total. The van der Waals surface area contributed by atoms with Gasteiger partial charge in [0.25, 0.3) is 0 Å². The van der Waals surface area contributed by atoms with Crippen LogP contribution in [0.2, 0.25) is 0 Å². The zero-order valence-electron chi connectivity index (χ0n) is 10.5. The van der Waals surface area contributed by atoms with E-state index in [1.54, 1.807) is 12.0 Å². The molecule has 1 saturated heterocycles. The number of rotatable bonds is 5. The Bertz CT molecular complexity index is 304. The molecule has 0 aromatic carbocycles. The van der Waals surface area contributed by atoms with Crippen molar-refractivity contribution in [2.45, 2.75) is 31.8 Å². The van der Waals surface area contributed by atoms with Crippen LogP contribution in [0, 0.1) is 0 Å². The van der Waals surface area contributed by atoms with E-state index >= 15 is 0 Å². The minimum atomic E-state index is -0.970. The normalized spacial score (nSPS) is 23.8. The molecule has 1 unspecified atom stereocenters. The second kappa shape index (κ2) is 5.46. The standard InChI is InChI=1S/C11H20N2O4/c1-11(2)7-12-8(6-9(14)15)10(16)13(11)4-5-17-3/h8,12H,4-7H2,1-3H3,(H,14,15). The van der Waals surface area contributed by atoms with E-state index in [1.165, 1.54) is 0 Å². The summed E-state index contributed by atoms with van der Waals surface area (Å²) in [5.41, 5.74) is -0.315. The molecule has 1 rings (SSSR count). The number of hydrogen-bond acceptors (Lipinski definition) is 4. The summed E-state index contributed by atoms with van der Waals surface area (Å²) < 4.78 is 4.97. The molecule has 1 aliphatic heterocycles. The number of aliphatic carboxylic acids is 1. The first-order valence-electron chi connectivity index (χ1n) is 5.64. The number of nitrogens with zero attached hydrogens (tertiary/aromatic N) is 1. The van der Waals surface area contributed by atoms with E-state index in [9.17, 15) is 9.59 Å². The average molecular weight is 244 g/mol. The fourth-order valence-electron chi connectivity index (χ4n) is 1.97. The fourth-order valence-corrected chi connectivity index (χ4v) is 1.97. The predicted molar refractivity (Wildman–Crippen MR) is 61.7 cm³/mol. The monoisotopic (exact) mass is 244 g/mol. The Morgan fingerprint density at radius 3 is 2.82 bits per heavy atom. The summed E-state index contributed by atoms with van der Waals surface area (Å²) in [6.07, 6.45) is -0.182. The number of ether oxygens (including phenoxy) is 1. The van der Waals surface area contributed by atoms with Gasteiger partial charge in [0, 0.05) is 25.7 Å². The van der Waals surface area contributed by atoms with Gasteiger partial charge in [-0.3, -0.25) is 9.59 Å². The summed E-state index contributed by atoms with van der Waals surface area (Å²) in [6, 6.07) is -0.627. The van der Waals surface area contributed by atoms with E-state index in [-0.39, 0.29) is 17.9 Å². The fraction of sp³-hybridized carbons (Fsp3) is 0.818. The third kappa shape index (κ3) is 3.41. The van der Waals surface area contributed by atoms with Gasteiger partial charge in [-0.2, -0.15) is 0 Å². The Balaban J connectivity index is 2.73. The quantitative estimate of drug-likeness (QED) is 0.693. The van der Waals surface area contributed by atoms with Crippen LogP contribution >= 0.6 is 0 Å². The van der Waals surface area contributed by atoms with Crippen LogP contribution in [0.25, 0.3) is 0 Å². The number of carbonyl (C=O) groups excluding carboxylic acids is 1. The van der Waals surface area contributed by atoms with Crippen molar-refractivity contribution in [3.63, 3.8) is 0 Å². The second-order valence-electron chi connectivity index (χ2n) is 4.83. The van der Waals surface area contributed by atoms with Gasteiger partial charge in [-0.15, -0.1) is 0 Å². The molecule has 0 aliphatic carbocycles. The topological polar surface area (TPSA) is 78.9 Å². The van der Waals surface area contributed by atoms with Crippen molar-refractivity contribution in [2.24, 2.45) is 0 Å². The third-order valence-electron chi connectivity index (χ3n) is 2.97. The zero-order chi connectivity index (χ0) is 13.1. The molecule has 17 heavy (non-hydrogen) atoms. The lowest BCUT2D eigenvalue weighted by molar-refractivity contribution is -0.149. The van der Waals surface area contributed by atoms with Gasteiger partial charge < -0.3 is 20.1 Å². The van der Waals surface area contributed by atoms with E-state index in [1.807, 2.05) is 13.8 Å². The number of methoxy groups -OCH3 is 1. The minimum absolute atomic E-state index is 0.166. The predicted octanol–water partition coefficient (Wildman–Crippen LogP) is -0.313. The summed E-state index contributed by atoms with van der Waals surface area (Å²) in [7, 11) is 1.58. The van der Waals surface area contributed by atoms with Gasteiger partial charge in [0.1, 0.15) is 0 Å². The highest BCUT2D eigenvalue weighted by Gasteiger charge is 2.40. The summed E-state index contributed by atoms with van der Waals surface area (Å²) in [5, 5.41) is 11.7. The maximum Gasteiger partial charge on any atom is 0.305 e.